The van der Waals surface area contributed by atoms with E-state index in [2.05, 4.69) is 15.0 Å². The average Bonchev–Trinajstić information content (AvgIpc) is 2.78. The van der Waals surface area contributed by atoms with Gasteiger partial charge in [-0.15, -0.1) is 0 Å². The summed E-state index contributed by atoms with van der Waals surface area (Å²) in [5.41, 5.74) is 1.09. The fraction of sp³-hybridized carbons (Fsp3) is 0.238. The number of sulfonamides is 1. The molecule has 2 heterocycles. The third-order valence-corrected chi connectivity index (χ3v) is 6.38. The van der Waals surface area contributed by atoms with Gasteiger partial charge in [0, 0.05) is 43.3 Å². The van der Waals surface area contributed by atoms with E-state index < -0.39 is 10.0 Å². The number of carbonyl (C=O) groups is 1. The maximum absolute atomic E-state index is 13.1. The Bertz CT molecular complexity index is 1190. The van der Waals surface area contributed by atoms with Crippen LogP contribution in [0.2, 0.25) is 0 Å². The number of nitrogens with zero attached hydrogens (tertiary/aromatic N) is 2. The standard InChI is InChI=1S/C21H22N4O4S/c1-29-18-14-16(21(26)25-12-10-22-11-13-25)7-8-17(18)24-30(27,28)19-6-2-4-15-5-3-9-23-20(15)19/h2-9,14,22,24H,10-13H2,1H3. The number of pyridine rings is 1. The molecule has 30 heavy (non-hydrogen) atoms. The van der Waals surface area contributed by atoms with E-state index in [9.17, 15) is 13.2 Å². The summed E-state index contributed by atoms with van der Waals surface area (Å²) >= 11 is 0. The Morgan fingerprint density at radius 1 is 1.13 bits per heavy atom. The van der Waals surface area contributed by atoms with Crippen molar-refractivity contribution < 1.29 is 17.9 Å². The van der Waals surface area contributed by atoms with E-state index in [0.29, 0.717) is 24.2 Å². The van der Waals surface area contributed by atoms with Crippen LogP contribution in [0, 0.1) is 0 Å². The summed E-state index contributed by atoms with van der Waals surface area (Å²) in [7, 11) is -2.49. The third-order valence-electron chi connectivity index (χ3n) is 4.98. The van der Waals surface area contributed by atoms with Gasteiger partial charge in [0.05, 0.1) is 18.3 Å². The molecule has 0 aliphatic carbocycles. The van der Waals surface area contributed by atoms with E-state index in [1.807, 2.05) is 0 Å². The van der Waals surface area contributed by atoms with Crippen molar-refractivity contribution in [3.63, 3.8) is 0 Å². The van der Waals surface area contributed by atoms with E-state index in [1.54, 1.807) is 53.6 Å². The summed E-state index contributed by atoms with van der Waals surface area (Å²) in [5, 5.41) is 3.93. The number of aromatic nitrogens is 1. The Morgan fingerprint density at radius 3 is 2.67 bits per heavy atom. The maximum atomic E-state index is 13.1. The number of ether oxygens (including phenoxy) is 1. The van der Waals surface area contributed by atoms with Crippen LogP contribution < -0.4 is 14.8 Å². The molecule has 3 aromatic rings. The second-order valence-corrected chi connectivity index (χ2v) is 8.54. The van der Waals surface area contributed by atoms with Crippen LogP contribution in [-0.4, -0.2) is 57.5 Å². The van der Waals surface area contributed by atoms with Crippen molar-refractivity contribution in [1.29, 1.82) is 0 Å². The number of benzene rings is 2. The molecule has 0 unspecified atom stereocenters. The maximum Gasteiger partial charge on any atom is 0.264 e. The van der Waals surface area contributed by atoms with Gasteiger partial charge in [0.25, 0.3) is 15.9 Å². The minimum absolute atomic E-state index is 0.0728. The first kappa shape index (κ1) is 20.1. The monoisotopic (exact) mass is 426 g/mol. The Morgan fingerprint density at radius 2 is 1.90 bits per heavy atom. The van der Waals surface area contributed by atoms with E-state index in [0.717, 1.165) is 18.5 Å². The zero-order valence-corrected chi connectivity index (χ0v) is 17.3. The van der Waals surface area contributed by atoms with E-state index in [-0.39, 0.29) is 22.2 Å². The lowest BCUT2D eigenvalue weighted by atomic mass is 10.1. The highest BCUT2D eigenvalue weighted by molar-refractivity contribution is 7.93. The number of methoxy groups -OCH3 is 1. The first-order chi connectivity index (χ1) is 14.5. The molecule has 1 aliphatic heterocycles. The molecule has 8 nitrogen and oxygen atoms in total. The Hall–Kier alpha value is -3.17. The number of hydrogen-bond donors (Lipinski definition) is 2. The number of carbonyl (C=O) groups excluding carboxylic acids is 1. The normalized spacial score (nSPS) is 14.5. The van der Waals surface area contributed by atoms with Crippen molar-refractivity contribution in [3.8, 4) is 5.75 Å². The zero-order valence-electron chi connectivity index (χ0n) is 16.5. The lowest BCUT2D eigenvalue weighted by molar-refractivity contribution is 0.0735. The van der Waals surface area contributed by atoms with Crippen LogP contribution in [-0.2, 0) is 10.0 Å². The Balaban J connectivity index is 1.64. The minimum atomic E-state index is -3.92. The van der Waals surface area contributed by atoms with Crippen molar-refractivity contribution in [3.05, 3.63) is 60.3 Å². The summed E-state index contributed by atoms with van der Waals surface area (Å²) in [6.45, 7) is 2.76. The number of piperazine rings is 1. The molecule has 0 bridgehead atoms. The van der Waals surface area contributed by atoms with Gasteiger partial charge in [0.15, 0.2) is 0 Å². The van der Waals surface area contributed by atoms with Crippen LogP contribution in [0.1, 0.15) is 10.4 Å². The summed E-state index contributed by atoms with van der Waals surface area (Å²) in [6.07, 6.45) is 1.55. The van der Waals surface area contributed by atoms with Crippen molar-refractivity contribution in [2.24, 2.45) is 0 Å². The van der Waals surface area contributed by atoms with Crippen molar-refractivity contribution in [1.82, 2.24) is 15.2 Å². The molecular formula is C21H22N4O4S. The largest absolute Gasteiger partial charge is 0.495 e. The molecule has 9 heteroatoms. The summed E-state index contributed by atoms with van der Waals surface area (Å²) in [6, 6.07) is 13.2. The molecule has 2 aromatic carbocycles. The number of amides is 1. The molecule has 1 saturated heterocycles. The summed E-state index contributed by atoms with van der Waals surface area (Å²) in [5.74, 6) is 0.162. The third kappa shape index (κ3) is 3.94. The van der Waals surface area contributed by atoms with Gasteiger partial charge in [-0.1, -0.05) is 18.2 Å². The Kier molecular flexibility index (Phi) is 5.56. The molecule has 0 spiro atoms. The van der Waals surface area contributed by atoms with Gasteiger partial charge in [-0.05, 0) is 30.3 Å². The van der Waals surface area contributed by atoms with Gasteiger partial charge >= 0.3 is 0 Å². The highest BCUT2D eigenvalue weighted by atomic mass is 32.2. The number of hydrogen-bond acceptors (Lipinski definition) is 6. The molecular weight excluding hydrogens is 404 g/mol. The predicted octanol–water partition coefficient (Wildman–Crippen LogP) is 2.09. The van der Waals surface area contributed by atoms with Crippen LogP contribution in [0.15, 0.2) is 59.6 Å². The van der Waals surface area contributed by atoms with Crippen LogP contribution in [0.4, 0.5) is 5.69 Å². The first-order valence-electron chi connectivity index (χ1n) is 9.54. The number of rotatable bonds is 5. The lowest BCUT2D eigenvalue weighted by Crippen LogP contribution is -2.46. The van der Waals surface area contributed by atoms with Gasteiger partial charge in [-0.2, -0.15) is 0 Å². The number of anilines is 1. The lowest BCUT2D eigenvalue weighted by Gasteiger charge is -2.27. The van der Waals surface area contributed by atoms with Gasteiger partial charge in [-0.25, -0.2) is 8.42 Å². The van der Waals surface area contributed by atoms with Crippen molar-refractivity contribution >= 4 is 32.5 Å². The number of nitrogens with one attached hydrogen (secondary N) is 2. The van der Waals surface area contributed by atoms with Gasteiger partial charge in [-0.3, -0.25) is 14.5 Å². The van der Waals surface area contributed by atoms with Crippen molar-refractivity contribution in [2.75, 3.05) is 38.0 Å². The minimum Gasteiger partial charge on any atom is -0.495 e. The quantitative estimate of drug-likeness (QED) is 0.648. The van der Waals surface area contributed by atoms with Crippen LogP contribution >= 0.6 is 0 Å². The van der Waals surface area contributed by atoms with Crippen LogP contribution in [0.5, 0.6) is 5.75 Å². The molecule has 156 valence electrons. The zero-order chi connectivity index (χ0) is 21.1. The van der Waals surface area contributed by atoms with Gasteiger partial charge in [0.1, 0.15) is 10.6 Å². The van der Waals surface area contributed by atoms with E-state index in [4.69, 9.17) is 4.74 Å². The van der Waals surface area contributed by atoms with Gasteiger partial charge < -0.3 is 15.0 Å². The topological polar surface area (TPSA) is 101 Å². The fourth-order valence-corrected chi connectivity index (χ4v) is 4.70. The molecule has 2 N–H and O–H groups in total. The van der Waals surface area contributed by atoms with Gasteiger partial charge in [0.2, 0.25) is 0 Å². The average molecular weight is 426 g/mol. The van der Waals surface area contributed by atoms with Crippen molar-refractivity contribution in [2.45, 2.75) is 4.90 Å². The van der Waals surface area contributed by atoms with Crippen LogP contribution in [0.25, 0.3) is 10.9 Å². The fourth-order valence-electron chi connectivity index (χ4n) is 3.45. The first-order valence-corrected chi connectivity index (χ1v) is 11.0. The number of para-hydroxylation sites is 1. The van der Waals surface area contributed by atoms with Crippen LogP contribution in [0.3, 0.4) is 0 Å². The molecule has 1 amide bonds. The molecule has 1 fully saturated rings. The molecule has 0 radical (unpaired) electrons. The number of fused-ring (bicyclic) bond motifs is 1. The molecule has 0 saturated carbocycles. The highest BCUT2D eigenvalue weighted by Crippen LogP contribution is 2.30. The predicted molar refractivity (Wildman–Crippen MR) is 114 cm³/mol. The Labute approximate surface area is 174 Å². The van der Waals surface area contributed by atoms with E-state index >= 15 is 0 Å². The smallest absolute Gasteiger partial charge is 0.264 e. The highest BCUT2D eigenvalue weighted by Gasteiger charge is 2.22. The molecule has 1 aromatic heterocycles. The summed E-state index contributed by atoms with van der Waals surface area (Å²) < 4.78 is 34.1. The second-order valence-electron chi connectivity index (χ2n) is 6.89. The van der Waals surface area contributed by atoms with E-state index in [1.165, 1.54) is 13.2 Å². The molecule has 4 rings (SSSR count). The second kappa shape index (κ2) is 8.29. The molecule has 0 atom stereocenters. The SMILES string of the molecule is COc1cc(C(=O)N2CCNCC2)ccc1NS(=O)(=O)c1cccc2cccnc12. The molecule has 1 aliphatic rings. The summed E-state index contributed by atoms with van der Waals surface area (Å²) in [4.78, 5) is 18.8.